The molecule has 13 heteroatoms. The lowest BCUT2D eigenvalue weighted by Gasteiger charge is -2.07. The Morgan fingerprint density at radius 1 is 1.38 bits per heavy atom. The summed E-state index contributed by atoms with van der Waals surface area (Å²) in [6.45, 7) is 4.76. The summed E-state index contributed by atoms with van der Waals surface area (Å²) in [5, 5.41) is 17.4. The number of nitrogens with two attached hydrogens (primary N) is 1. The Balaban J connectivity index is 2.31. The highest BCUT2D eigenvalue weighted by atomic mass is 79.9. The number of nitro groups is 1. The number of anilines is 1. The number of aromatic nitrogens is 2. The second-order valence-electron chi connectivity index (χ2n) is 5.95. The van der Waals surface area contributed by atoms with Gasteiger partial charge in [0.1, 0.15) is 16.0 Å². The second kappa shape index (κ2) is 9.13. The molecule has 0 bridgehead atoms. The van der Waals surface area contributed by atoms with Gasteiger partial charge in [-0.25, -0.2) is 4.79 Å². The predicted molar refractivity (Wildman–Crippen MR) is 108 cm³/mol. The molecule has 0 aliphatic carbocycles. The highest BCUT2D eigenvalue weighted by molar-refractivity contribution is 9.10. The minimum atomic E-state index is -0.736. The lowest BCUT2D eigenvalue weighted by Crippen LogP contribution is -2.21. The predicted octanol–water partition coefficient (Wildman–Crippen LogP) is 2.54. The van der Waals surface area contributed by atoms with Gasteiger partial charge in [0.2, 0.25) is 5.91 Å². The molecular formula is C16H18BrN5O6S. The van der Waals surface area contributed by atoms with Crippen LogP contribution < -0.4 is 11.1 Å². The Bertz CT molecular complexity index is 999. The van der Waals surface area contributed by atoms with Crippen LogP contribution in [0.25, 0.3) is 0 Å². The van der Waals surface area contributed by atoms with E-state index in [1.165, 1.54) is 6.92 Å². The lowest BCUT2D eigenvalue weighted by atomic mass is 10.1. The zero-order valence-electron chi connectivity index (χ0n) is 15.8. The van der Waals surface area contributed by atoms with Crippen LogP contribution >= 0.6 is 27.3 Å². The maximum Gasteiger partial charge on any atom is 0.404 e. The van der Waals surface area contributed by atoms with Crippen molar-refractivity contribution >= 4 is 55.9 Å². The van der Waals surface area contributed by atoms with Crippen LogP contribution in [0.2, 0.25) is 0 Å². The van der Waals surface area contributed by atoms with Crippen molar-refractivity contribution in [2.75, 3.05) is 11.9 Å². The fraction of sp³-hybridized carbons (Fsp3) is 0.375. The molecule has 0 atom stereocenters. The van der Waals surface area contributed by atoms with Crippen molar-refractivity contribution in [3.63, 3.8) is 0 Å². The number of carbonyl (C=O) groups is 3. The van der Waals surface area contributed by atoms with Gasteiger partial charge >= 0.3 is 11.8 Å². The Morgan fingerprint density at radius 3 is 2.55 bits per heavy atom. The molecule has 2 heterocycles. The minimum Gasteiger partial charge on any atom is -0.462 e. The third kappa shape index (κ3) is 4.79. The standard InChI is InChI=1S/C16H18BrN5O6S/c1-4-5-28-16(25)10-7(2)12(13(18)24)29-15(10)19-9(23)6-21-8(3)11(17)14(20-21)22(26)27/h4-6H2,1-3H3,(H2,18,24)(H,19,23). The van der Waals surface area contributed by atoms with E-state index in [0.717, 1.165) is 16.0 Å². The Hall–Kier alpha value is -2.80. The number of halogens is 1. The number of amides is 2. The van der Waals surface area contributed by atoms with Crippen LogP contribution in [-0.4, -0.2) is 39.1 Å². The van der Waals surface area contributed by atoms with Crippen LogP contribution in [-0.2, 0) is 16.1 Å². The molecule has 0 spiro atoms. The average molecular weight is 488 g/mol. The van der Waals surface area contributed by atoms with E-state index < -0.39 is 28.5 Å². The molecule has 2 amide bonds. The van der Waals surface area contributed by atoms with Crippen LogP contribution in [0.3, 0.4) is 0 Å². The number of primary amides is 1. The third-order valence-corrected chi connectivity index (χ3v) is 6.00. The van der Waals surface area contributed by atoms with Gasteiger partial charge < -0.3 is 25.9 Å². The number of rotatable bonds is 8. The summed E-state index contributed by atoms with van der Waals surface area (Å²) in [5.74, 6) is -2.43. The summed E-state index contributed by atoms with van der Waals surface area (Å²) < 4.78 is 6.45. The topological polar surface area (TPSA) is 159 Å². The quantitative estimate of drug-likeness (QED) is 0.328. The van der Waals surface area contributed by atoms with Gasteiger partial charge in [-0.15, -0.1) is 11.3 Å². The molecule has 2 aromatic rings. The van der Waals surface area contributed by atoms with Crippen LogP contribution in [0.1, 0.15) is 44.6 Å². The number of nitrogens with zero attached hydrogens (tertiary/aromatic N) is 3. The zero-order chi connectivity index (χ0) is 21.9. The highest BCUT2D eigenvalue weighted by Crippen LogP contribution is 2.34. The number of hydrogen-bond donors (Lipinski definition) is 2. The normalized spacial score (nSPS) is 10.6. The summed E-state index contributed by atoms with van der Waals surface area (Å²) in [6, 6.07) is 0. The van der Waals surface area contributed by atoms with Crippen molar-refractivity contribution < 1.29 is 24.0 Å². The summed E-state index contributed by atoms with van der Waals surface area (Å²) in [5.41, 5.74) is 6.09. The van der Waals surface area contributed by atoms with Crippen LogP contribution in [0, 0.1) is 24.0 Å². The van der Waals surface area contributed by atoms with Crippen LogP contribution in [0.15, 0.2) is 4.47 Å². The number of thiophene rings is 1. The van der Waals surface area contributed by atoms with E-state index in [1.807, 2.05) is 6.92 Å². The Kier molecular flexibility index (Phi) is 7.08. The average Bonchev–Trinajstić information content (AvgIpc) is 3.11. The molecule has 0 saturated carbocycles. The lowest BCUT2D eigenvalue weighted by molar-refractivity contribution is -0.390. The summed E-state index contributed by atoms with van der Waals surface area (Å²) in [6.07, 6.45) is 0.603. The number of nitrogens with one attached hydrogen (secondary N) is 1. The molecule has 156 valence electrons. The number of esters is 1. The minimum absolute atomic E-state index is 0.0509. The fourth-order valence-electron chi connectivity index (χ4n) is 2.43. The monoisotopic (exact) mass is 487 g/mol. The maximum atomic E-state index is 12.5. The van der Waals surface area contributed by atoms with E-state index in [4.69, 9.17) is 10.5 Å². The van der Waals surface area contributed by atoms with E-state index in [2.05, 4.69) is 26.3 Å². The first kappa shape index (κ1) is 22.5. The highest BCUT2D eigenvalue weighted by Gasteiger charge is 2.28. The van der Waals surface area contributed by atoms with Gasteiger partial charge in [-0.2, -0.15) is 4.68 Å². The van der Waals surface area contributed by atoms with Gasteiger partial charge in [-0.3, -0.25) is 9.59 Å². The SMILES string of the molecule is CCCOC(=O)c1c(NC(=O)Cn2nc([N+](=O)[O-])c(Br)c2C)sc(C(N)=O)c1C. The number of hydrogen-bond acceptors (Lipinski definition) is 8. The van der Waals surface area contributed by atoms with Gasteiger partial charge in [-0.1, -0.05) is 6.92 Å². The molecule has 2 rings (SSSR count). The molecule has 0 aliphatic heterocycles. The van der Waals surface area contributed by atoms with Gasteiger partial charge in [0.05, 0.1) is 27.8 Å². The molecule has 0 fully saturated rings. The smallest absolute Gasteiger partial charge is 0.404 e. The molecule has 11 nitrogen and oxygen atoms in total. The van der Waals surface area contributed by atoms with Crippen molar-refractivity contribution in [1.82, 2.24) is 9.78 Å². The van der Waals surface area contributed by atoms with E-state index >= 15 is 0 Å². The number of carbonyl (C=O) groups excluding carboxylic acids is 3. The van der Waals surface area contributed by atoms with E-state index in [-0.39, 0.29) is 33.1 Å². The van der Waals surface area contributed by atoms with Crippen LogP contribution in [0.5, 0.6) is 0 Å². The third-order valence-electron chi connectivity index (χ3n) is 3.85. The largest absolute Gasteiger partial charge is 0.462 e. The van der Waals surface area contributed by atoms with Gasteiger partial charge in [0, 0.05) is 0 Å². The van der Waals surface area contributed by atoms with Crippen molar-refractivity contribution in [2.45, 2.75) is 33.7 Å². The molecule has 3 N–H and O–H groups in total. The maximum absolute atomic E-state index is 12.5. The first-order valence-corrected chi connectivity index (χ1v) is 9.96. The van der Waals surface area contributed by atoms with Gasteiger partial charge in [-0.05, 0) is 46.7 Å². The number of ether oxygens (including phenoxy) is 1. The molecule has 29 heavy (non-hydrogen) atoms. The molecule has 0 aliphatic rings. The summed E-state index contributed by atoms with van der Waals surface area (Å²) in [7, 11) is 0. The molecule has 0 radical (unpaired) electrons. The van der Waals surface area contributed by atoms with E-state index in [0.29, 0.717) is 17.7 Å². The van der Waals surface area contributed by atoms with Crippen molar-refractivity contribution in [3.05, 3.63) is 36.3 Å². The van der Waals surface area contributed by atoms with E-state index in [1.54, 1.807) is 6.92 Å². The molecular weight excluding hydrogens is 470 g/mol. The summed E-state index contributed by atoms with van der Waals surface area (Å²) >= 11 is 3.93. The molecule has 0 aromatic carbocycles. The zero-order valence-corrected chi connectivity index (χ0v) is 18.2. The van der Waals surface area contributed by atoms with Crippen molar-refractivity contribution in [2.24, 2.45) is 5.73 Å². The van der Waals surface area contributed by atoms with Gasteiger partial charge in [0.15, 0.2) is 0 Å². The van der Waals surface area contributed by atoms with E-state index in [9.17, 15) is 24.5 Å². The molecule has 0 saturated heterocycles. The van der Waals surface area contributed by atoms with Crippen LogP contribution in [0.4, 0.5) is 10.8 Å². The summed E-state index contributed by atoms with van der Waals surface area (Å²) in [4.78, 5) is 46.9. The Labute approximate surface area is 177 Å². The van der Waals surface area contributed by atoms with Crippen molar-refractivity contribution in [1.29, 1.82) is 0 Å². The second-order valence-corrected chi connectivity index (χ2v) is 7.76. The first-order chi connectivity index (χ1) is 13.6. The van der Waals surface area contributed by atoms with Crippen molar-refractivity contribution in [3.8, 4) is 0 Å². The molecule has 2 aromatic heterocycles. The first-order valence-electron chi connectivity index (χ1n) is 8.35. The fourth-order valence-corrected chi connectivity index (χ4v) is 3.92. The molecule has 0 unspecified atom stereocenters. The Morgan fingerprint density at radius 2 is 2.03 bits per heavy atom. The van der Waals surface area contributed by atoms with Gasteiger partial charge in [0.25, 0.3) is 5.91 Å².